The van der Waals surface area contributed by atoms with E-state index in [4.69, 9.17) is 4.74 Å². The molecule has 6 nitrogen and oxygen atoms in total. The summed E-state index contributed by atoms with van der Waals surface area (Å²) in [6, 6.07) is 4.95. The Morgan fingerprint density at radius 1 is 1.38 bits per heavy atom. The lowest BCUT2D eigenvalue weighted by Crippen LogP contribution is -1.98. The largest absolute Gasteiger partial charge is 0.436 e. The van der Waals surface area contributed by atoms with Crippen LogP contribution in [0.1, 0.15) is 22.8 Å². The number of aryl methyl sites for hydroxylation is 1. The molecule has 21 heavy (non-hydrogen) atoms. The van der Waals surface area contributed by atoms with E-state index in [2.05, 4.69) is 4.98 Å². The highest BCUT2D eigenvalue weighted by Crippen LogP contribution is 2.29. The number of nitro benzene ring substituents is 1. The van der Waals surface area contributed by atoms with Crippen molar-refractivity contribution in [3.8, 4) is 11.6 Å². The minimum Gasteiger partial charge on any atom is -0.436 e. The average molecular weight is 290 g/mol. The highest BCUT2D eigenvalue weighted by Gasteiger charge is 2.17. The summed E-state index contributed by atoms with van der Waals surface area (Å²) >= 11 is 0. The molecule has 1 aromatic heterocycles. The Morgan fingerprint density at radius 2 is 2.10 bits per heavy atom. The number of nitrogens with zero attached hydrogens (tertiary/aromatic N) is 2. The van der Waals surface area contributed by atoms with E-state index in [0.717, 1.165) is 6.07 Å². The van der Waals surface area contributed by atoms with Gasteiger partial charge in [0.2, 0.25) is 5.88 Å². The third kappa shape index (κ3) is 3.19. The molecule has 0 N–H and O–H groups in total. The van der Waals surface area contributed by atoms with Gasteiger partial charge in [0.25, 0.3) is 5.69 Å². The zero-order chi connectivity index (χ0) is 15.6. The van der Waals surface area contributed by atoms with Crippen molar-refractivity contribution >= 4 is 11.5 Å². The molecule has 2 aromatic rings. The second-order valence-corrected chi connectivity index (χ2v) is 4.37. The van der Waals surface area contributed by atoms with Gasteiger partial charge in [0.05, 0.1) is 11.0 Å². The molecule has 0 spiro atoms. The van der Waals surface area contributed by atoms with Gasteiger partial charge in [-0.25, -0.2) is 9.37 Å². The Bertz CT molecular complexity index is 714. The van der Waals surface area contributed by atoms with Crippen molar-refractivity contribution in [2.75, 3.05) is 0 Å². The fraction of sp³-hybridized carbons (Fsp3) is 0.143. The van der Waals surface area contributed by atoms with Crippen molar-refractivity contribution in [2.24, 2.45) is 0 Å². The van der Waals surface area contributed by atoms with Crippen LogP contribution < -0.4 is 4.74 Å². The topological polar surface area (TPSA) is 82.3 Å². The average Bonchev–Trinajstić information content (AvgIpc) is 2.42. The molecule has 2 rings (SSSR count). The molecule has 0 aliphatic heterocycles. The van der Waals surface area contributed by atoms with Crippen molar-refractivity contribution < 1.29 is 18.8 Å². The fourth-order valence-corrected chi connectivity index (χ4v) is 1.68. The van der Waals surface area contributed by atoms with Gasteiger partial charge in [-0.2, -0.15) is 0 Å². The second kappa shape index (κ2) is 5.66. The molecule has 0 fully saturated rings. The van der Waals surface area contributed by atoms with Crippen molar-refractivity contribution in [3.63, 3.8) is 0 Å². The Morgan fingerprint density at radius 3 is 2.62 bits per heavy atom. The molecule has 1 aromatic carbocycles. The highest BCUT2D eigenvalue weighted by molar-refractivity contribution is 5.93. The summed E-state index contributed by atoms with van der Waals surface area (Å²) in [6.45, 7) is 2.88. The van der Waals surface area contributed by atoms with Crippen LogP contribution in [0.5, 0.6) is 11.6 Å². The van der Waals surface area contributed by atoms with Gasteiger partial charge < -0.3 is 4.74 Å². The van der Waals surface area contributed by atoms with Gasteiger partial charge in [-0.3, -0.25) is 14.9 Å². The van der Waals surface area contributed by atoms with Crippen LogP contribution in [-0.4, -0.2) is 15.7 Å². The molecule has 1 heterocycles. The summed E-state index contributed by atoms with van der Waals surface area (Å²) in [5.41, 5.74) is 0.360. The summed E-state index contributed by atoms with van der Waals surface area (Å²) < 4.78 is 19.0. The van der Waals surface area contributed by atoms with Gasteiger partial charge in [-0.1, -0.05) is 0 Å². The van der Waals surface area contributed by atoms with Crippen LogP contribution in [0.4, 0.5) is 10.1 Å². The van der Waals surface area contributed by atoms with Crippen LogP contribution in [0.2, 0.25) is 0 Å². The zero-order valence-corrected chi connectivity index (χ0v) is 11.3. The first-order valence-corrected chi connectivity index (χ1v) is 5.98. The Balaban J connectivity index is 2.29. The van der Waals surface area contributed by atoms with Crippen LogP contribution in [0.3, 0.4) is 0 Å². The van der Waals surface area contributed by atoms with Crippen LogP contribution in [0.25, 0.3) is 0 Å². The number of carbonyl (C=O) groups excluding carboxylic acids is 1. The Hall–Kier alpha value is -2.83. The van der Waals surface area contributed by atoms with Crippen LogP contribution in [0.15, 0.2) is 30.5 Å². The number of Topliss-reactive ketones (excluding diaryl/α,β-unsaturated/α-hetero) is 1. The number of carbonyl (C=O) groups is 1. The summed E-state index contributed by atoms with van der Waals surface area (Å²) in [4.78, 5) is 25.0. The smallest absolute Gasteiger partial charge is 0.275 e. The van der Waals surface area contributed by atoms with E-state index < -0.39 is 10.7 Å². The third-order valence-corrected chi connectivity index (χ3v) is 2.80. The van der Waals surface area contributed by atoms with Gasteiger partial charge in [-0.05, 0) is 26.0 Å². The Kier molecular flexibility index (Phi) is 3.93. The third-order valence-electron chi connectivity index (χ3n) is 2.80. The number of rotatable bonds is 4. The monoisotopic (exact) mass is 290 g/mol. The van der Waals surface area contributed by atoms with Crippen molar-refractivity contribution in [2.45, 2.75) is 13.8 Å². The lowest BCUT2D eigenvalue weighted by atomic mass is 10.2. The molecular formula is C14H11FN2O4. The molecule has 0 radical (unpaired) electrons. The predicted octanol–water partition coefficient (Wildman–Crippen LogP) is 3.43. The van der Waals surface area contributed by atoms with E-state index in [0.29, 0.717) is 5.56 Å². The van der Waals surface area contributed by atoms with Gasteiger partial charge >= 0.3 is 0 Å². The second-order valence-electron chi connectivity index (χ2n) is 4.37. The zero-order valence-electron chi connectivity index (χ0n) is 11.3. The van der Waals surface area contributed by atoms with Crippen molar-refractivity contribution in [1.29, 1.82) is 0 Å². The molecule has 7 heteroatoms. The summed E-state index contributed by atoms with van der Waals surface area (Å²) in [5, 5.41) is 10.7. The molecule has 0 atom stereocenters. The molecule has 0 aliphatic carbocycles. The number of benzene rings is 1. The molecule has 0 bridgehead atoms. The van der Waals surface area contributed by atoms with E-state index in [9.17, 15) is 19.3 Å². The number of aromatic nitrogens is 1. The molecule has 0 unspecified atom stereocenters. The maximum atomic E-state index is 13.8. The van der Waals surface area contributed by atoms with Crippen molar-refractivity contribution in [1.82, 2.24) is 4.98 Å². The van der Waals surface area contributed by atoms with Gasteiger partial charge in [-0.15, -0.1) is 0 Å². The first-order valence-electron chi connectivity index (χ1n) is 5.98. The molecule has 0 amide bonds. The number of ether oxygens (including phenoxy) is 1. The number of ketones is 1. The van der Waals surface area contributed by atoms with E-state index in [1.165, 1.54) is 38.2 Å². The van der Waals surface area contributed by atoms with E-state index in [1.54, 1.807) is 0 Å². The first-order chi connectivity index (χ1) is 9.88. The predicted molar refractivity (Wildman–Crippen MR) is 72.1 cm³/mol. The molecule has 108 valence electrons. The van der Waals surface area contributed by atoms with Crippen LogP contribution in [-0.2, 0) is 0 Å². The normalized spacial score (nSPS) is 10.2. The highest BCUT2D eigenvalue weighted by atomic mass is 19.1. The lowest BCUT2D eigenvalue weighted by Gasteiger charge is -2.07. The number of hydrogen-bond donors (Lipinski definition) is 0. The van der Waals surface area contributed by atoms with Gasteiger partial charge in [0.1, 0.15) is 0 Å². The molecule has 0 saturated carbocycles. The Labute approximate surface area is 119 Å². The number of nitro groups is 1. The van der Waals surface area contributed by atoms with Crippen molar-refractivity contribution in [3.05, 3.63) is 57.5 Å². The summed E-state index contributed by atoms with van der Waals surface area (Å²) in [6.07, 6.45) is 1.31. The van der Waals surface area contributed by atoms with Crippen LogP contribution in [0, 0.1) is 22.9 Å². The minimum atomic E-state index is -0.857. The fourth-order valence-electron chi connectivity index (χ4n) is 1.68. The standard InChI is InChI=1S/C14H11FN2O4/c1-8-5-13(11(15)6-12(8)17(19)20)21-14-4-3-10(7-16-14)9(2)18/h3-7H,1-2H3. The van der Waals surface area contributed by atoms with E-state index >= 15 is 0 Å². The lowest BCUT2D eigenvalue weighted by molar-refractivity contribution is -0.385. The van der Waals surface area contributed by atoms with Gasteiger partial charge in [0.15, 0.2) is 17.3 Å². The van der Waals surface area contributed by atoms with E-state index in [-0.39, 0.29) is 28.7 Å². The first kappa shape index (κ1) is 14.6. The SMILES string of the molecule is CC(=O)c1ccc(Oc2cc(C)c([N+](=O)[O-])cc2F)nc1. The summed E-state index contributed by atoms with van der Waals surface area (Å²) in [7, 11) is 0. The van der Waals surface area contributed by atoms with E-state index in [1.807, 2.05) is 0 Å². The number of halogens is 1. The molecular weight excluding hydrogens is 279 g/mol. The number of hydrogen-bond acceptors (Lipinski definition) is 5. The van der Waals surface area contributed by atoms with Crippen LogP contribution >= 0.6 is 0 Å². The molecule has 0 aliphatic rings. The van der Waals surface area contributed by atoms with Gasteiger partial charge in [0, 0.05) is 23.4 Å². The summed E-state index contributed by atoms with van der Waals surface area (Å²) in [5.74, 6) is -1.08. The maximum absolute atomic E-state index is 13.8. The maximum Gasteiger partial charge on any atom is 0.275 e. The molecule has 0 saturated heterocycles. The number of pyridine rings is 1. The quantitative estimate of drug-likeness (QED) is 0.489. The minimum absolute atomic E-state index is 0.0900.